The van der Waals surface area contributed by atoms with Crippen molar-refractivity contribution in [1.82, 2.24) is 10.2 Å². The van der Waals surface area contributed by atoms with E-state index in [4.69, 9.17) is 11.6 Å². The molecule has 13 heavy (non-hydrogen) atoms. The number of nitrogens with zero attached hydrogens (tertiary/aromatic N) is 2. The van der Waals surface area contributed by atoms with Crippen LogP contribution in [0.1, 0.15) is 5.01 Å². The summed E-state index contributed by atoms with van der Waals surface area (Å²) in [6.45, 7) is 0. The first-order chi connectivity index (χ1) is 6.26. The molecule has 0 unspecified atom stereocenters. The molecular weight excluding hydrogens is 278 g/mol. The van der Waals surface area contributed by atoms with E-state index in [-0.39, 0.29) is 11.8 Å². The first kappa shape index (κ1) is 10.9. The highest BCUT2D eigenvalue weighted by molar-refractivity contribution is 9.09. The summed E-state index contributed by atoms with van der Waals surface area (Å²) in [6.07, 6.45) is 0.814. The highest BCUT2D eigenvalue weighted by atomic mass is 79.9. The van der Waals surface area contributed by atoms with Gasteiger partial charge in [-0.3, -0.25) is 10.1 Å². The summed E-state index contributed by atoms with van der Waals surface area (Å²) in [5, 5.41) is 12.4. The van der Waals surface area contributed by atoms with E-state index in [0.29, 0.717) is 5.13 Å². The van der Waals surface area contributed by atoms with Crippen molar-refractivity contribution in [3.63, 3.8) is 0 Å². The Bertz CT molecular complexity index is 293. The van der Waals surface area contributed by atoms with E-state index in [9.17, 15) is 4.79 Å². The SMILES string of the molecule is O=C(CCl)Nc1nnc(CCBr)s1. The van der Waals surface area contributed by atoms with Crippen LogP contribution < -0.4 is 5.32 Å². The normalized spacial score (nSPS) is 10.0. The van der Waals surface area contributed by atoms with E-state index in [1.54, 1.807) is 0 Å². The lowest BCUT2D eigenvalue weighted by Gasteiger charge is -1.93. The van der Waals surface area contributed by atoms with Crippen LogP contribution in [0.5, 0.6) is 0 Å². The molecule has 0 aliphatic heterocycles. The van der Waals surface area contributed by atoms with Gasteiger partial charge in [0.2, 0.25) is 11.0 Å². The fourth-order valence-corrected chi connectivity index (χ4v) is 2.10. The average molecular weight is 285 g/mol. The Balaban J connectivity index is 2.53. The molecule has 1 amide bonds. The van der Waals surface area contributed by atoms with Crippen molar-refractivity contribution in [3.05, 3.63) is 5.01 Å². The van der Waals surface area contributed by atoms with Crippen LogP contribution in [0.2, 0.25) is 0 Å². The number of carbonyl (C=O) groups excluding carboxylic acids is 1. The number of hydrogen-bond acceptors (Lipinski definition) is 4. The van der Waals surface area contributed by atoms with Gasteiger partial charge in [0.1, 0.15) is 10.9 Å². The van der Waals surface area contributed by atoms with E-state index >= 15 is 0 Å². The third-order valence-electron chi connectivity index (χ3n) is 1.14. The number of halogens is 2. The topological polar surface area (TPSA) is 54.9 Å². The standard InChI is InChI=1S/C6H7BrClN3OS/c7-2-1-5-10-11-6(13-5)9-4(12)3-8/h1-3H2,(H,9,11,12). The molecule has 0 fully saturated rings. The lowest BCUT2D eigenvalue weighted by atomic mass is 10.5. The molecule has 1 heterocycles. The van der Waals surface area contributed by atoms with Crippen LogP contribution in [0.25, 0.3) is 0 Å². The van der Waals surface area contributed by atoms with Gasteiger partial charge in [-0.15, -0.1) is 21.8 Å². The number of rotatable bonds is 4. The van der Waals surface area contributed by atoms with Gasteiger partial charge in [-0.25, -0.2) is 0 Å². The molecule has 1 aromatic rings. The van der Waals surface area contributed by atoms with E-state index in [1.165, 1.54) is 11.3 Å². The number of aromatic nitrogens is 2. The predicted molar refractivity (Wildman–Crippen MR) is 56.8 cm³/mol. The maximum Gasteiger partial charge on any atom is 0.241 e. The molecular formula is C6H7BrClN3OS. The second-order valence-corrected chi connectivity index (χ2v) is 4.24. The van der Waals surface area contributed by atoms with Gasteiger partial charge in [0.15, 0.2) is 0 Å². The summed E-state index contributed by atoms with van der Waals surface area (Å²) in [5.74, 6) is -0.323. The van der Waals surface area contributed by atoms with Crippen LogP contribution in [-0.4, -0.2) is 27.3 Å². The van der Waals surface area contributed by atoms with Crippen LogP contribution in [-0.2, 0) is 11.2 Å². The zero-order valence-electron chi connectivity index (χ0n) is 6.59. The van der Waals surface area contributed by atoms with Gasteiger partial charge in [0, 0.05) is 11.8 Å². The van der Waals surface area contributed by atoms with Gasteiger partial charge in [-0.05, 0) is 0 Å². The number of amides is 1. The number of nitrogens with one attached hydrogen (secondary N) is 1. The average Bonchev–Trinajstić information content (AvgIpc) is 2.53. The molecule has 0 aromatic carbocycles. The van der Waals surface area contributed by atoms with Crippen LogP contribution in [0.3, 0.4) is 0 Å². The predicted octanol–water partition coefficient (Wildman–Crippen LogP) is 1.65. The van der Waals surface area contributed by atoms with Crippen molar-refractivity contribution in [1.29, 1.82) is 0 Å². The number of carbonyl (C=O) groups is 1. The molecule has 0 saturated carbocycles. The van der Waals surface area contributed by atoms with Gasteiger partial charge in [0.05, 0.1) is 0 Å². The Morgan fingerprint density at radius 2 is 2.38 bits per heavy atom. The van der Waals surface area contributed by atoms with Gasteiger partial charge in [-0.1, -0.05) is 27.3 Å². The molecule has 0 aliphatic rings. The zero-order chi connectivity index (χ0) is 9.68. The van der Waals surface area contributed by atoms with Crippen LogP contribution in [0.15, 0.2) is 0 Å². The Morgan fingerprint density at radius 3 is 3.00 bits per heavy atom. The van der Waals surface area contributed by atoms with E-state index < -0.39 is 0 Å². The molecule has 4 nitrogen and oxygen atoms in total. The molecule has 0 radical (unpaired) electrons. The molecule has 72 valence electrons. The first-order valence-corrected chi connectivity index (χ1v) is 5.97. The summed E-state index contributed by atoms with van der Waals surface area (Å²) >= 11 is 9.96. The molecule has 1 aromatic heterocycles. The van der Waals surface area contributed by atoms with E-state index in [2.05, 4.69) is 31.4 Å². The Labute approximate surface area is 92.8 Å². The lowest BCUT2D eigenvalue weighted by Crippen LogP contribution is -2.12. The van der Waals surface area contributed by atoms with Gasteiger partial charge in [-0.2, -0.15) is 0 Å². The van der Waals surface area contributed by atoms with Crippen molar-refractivity contribution >= 4 is 49.9 Å². The maximum atomic E-state index is 10.8. The summed E-state index contributed by atoms with van der Waals surface area (Å²) < 4.78 is 0. The minimum Gasteiger partial charge on any atom is -0.299 e. The molecule has 0 spiro atoms. The van der Waals surface area contributed by atoms with Crippen LogP contribution in [0, 0.1) is 0 Å². The summed E-state index contributed by atoms with van der Waals surface area (Å²) in [4.78, 5) is 10.8. The second kappa shape index (κ2) is 5.51. The monoisotopic (exact) mass is 283 g/mol. The number of anilines is 1. The molecule has 1 rings (SSSR count). The van der Waals surface area contributed by atoms with Crippen molar-refractivity contribution in [3.8, 4) is 0 Å². The van der Waals surface area contributed by atoms with Gasteiger partial charge < -0.3 is 0 Å². The van der Waals surface area contributed by atoms with E-state index in [0.717, 1.165) is 16.8 Å². The number of alkyl halides is 2. The molecule has 1 N–H and O–H groups in total. The Hall–Kier alpha value is -0.200. The van der Waals surface area contributed by atoms with Crippen LogP contribution >= 0.6 is 38.9 Å². The molecule has 0 bridgehead atoms. The highest BCUT2D eigenvalue weighted by Crippen LogP contribution is 2.15. The fraction of sp³-hybridized carbons (Fsp3) is 0.500. The van der Waals surface area contributed by atoms with Crippen LogP contribution in [0.4, 0.5) is 5.13 Å². The second-order valence-electron chi connectivity index (χ2n) is 2.12. The summed E-state index contributed by atoms with van der Waals surface area (Å²) in [7, 11) is 0. The lowest BCUT2D eigenvalue weighted by molar-refractivity contribution is -0.113. The molecule has 0 atom stereocenters. The van der Waals surface area contributed by atoms with Crippen molar-refractivity contribution in [2.24, 2.45) is 0 Å². The van der Waals surface area contributed by atoms with Gasteiger partial charge >= 0.3 is 0 Å². The van der Waals surface area contributed by atoms with Crippen molar-refractivity contribution < 1.29 is 4.79 Å². The first-order valence-electron chi connectivity index (χ1n) is 3.50. The van der Waals surface area contributed by atoms with Crippen molar-refractivity contribution in [2.45, 2.75) is 6.42 Å². The molecule has 7 heteroatoms. The molecule has 0 saturated heterocycles. The largest absolute Gasteiger partial charge is 0.299 e. The van der Waals surface area contributed by atoms with E-state index in [1.807, 2.05) is 0 Å². The minimum atomic E-state index is -0.261. The third-order valence-corrected chi connectivity index (χ3v) is 2.68. The smallest absolute Gasteiger partial charge is 0.241 e. The minimum absolute atomic E-state index is 0.0621. The number of hydrogen-bond donors (Lipinski definition) is 1. The maximum absolute atomic E-state index is 10.8. The Kier molecular flexibility index (Phi) is 4.61. The van der Waals surface area contributed by atoms with Crippen molar-refractivity contribution in [2.75, 3.05) is 16.5 Å². The zero-order valence-corrected chi connectivity index (χ0v) is 9.75. The van der Waals surface area contributed by atoms with Gasteiger partial charge in [0.25, 0.3) is 0 Å². The molecule has 0 aliphatic carbocycles. The fourth-order valence-electron chi connectivity index (χ4n) is 0.639. The third kappa shape index (κ3) is 3.58. The Morgan fingerprint density at radius 1 is 1.62 bits per heavy atom. The summed E-state index contributed by atoms with van der Waals surface area (Å²) in [5.41, 5.74) is 0. The quantitative estimate of drug-likeness (QED) is 0.856. The highest BCUT2D eigenvalue weighted by Gasteiger charge is 2.05. The number of aryl methyl sites for hydroxylation is 1. The summed E-state index contributed by atoms with van der Waals surface area (Å²) in [6, 6.07) is 0.